The molecule has 2 aromatic carbocycles. The molecule has 7 heteroatoms. The summed E-state index contributed by atoms with van der Waals surface area (Å²) < 4.78 is 24.7. The zero-order valence-corrected chi connectivity index (χ0v) is 16.0. The molecule has 140 valence electrons. The van der Waals surface area contributed by atoms with Gasteiger partial charge in [0.15, 0.2) is 11.5 Å². The van der Waals surface area contributed by atoms with Gasteiger partial charge < -0.3 is 14.8 Å². The molecule has 1 amide bonds. The van der Waals surface area contributed by atoms with E-state index in [9.17, 15) is 9.18 Å². The molecule has 5 nitrogen and oxygen atoms in total. The summed E-state index contributed by atoms with van der Waals surface area (Å²) in [4.78, 5) is 16.8. The number of nitrogens with zero attached hydrogens (tertiary/aromatic N) is 1. The Bertz CT molecular complexity index is 972. The van der Waals surface area contributed by atoms with Crippen LogP contribution >= 0.6 is 11.3 Å². The van der Waals surface area contributed by atoms with Crippen molar-refractivity contribution in [1.29, 1.82) is 0 Å². The third-order valence-corrected chi connectivity index (χ3v) is 4.71. The van der Waals surface area contributed by atoms with Crippen LogP contribution in [0.25, 0.3) is 10.6 Å². The van der Waals surface area contributed by atoms with Crippen LogP contribution in [-0.2, 0) is 0 Å². The van der Waals surface area contributed by atoms with Crippen molar-refractivity contribution in [2.24, 2.45) is 0 Å². The highest BCUT2D eigenvalue weighted by molar-refractivity contribution is 7.13. The number of hydrogen-bond acceptors (Lipinski definition) is 5. The second-order valence-electron chi connectivity index (χ2n) is 5.77. The Morgan fingerprint density at radius 1 is 1.22 bits per heavy atom. The van der Waals surface area contributed by atoms with E-state index >= 15 is 0 Å². The number of aromatic nitrogens is 1. The van der Waals surface area contributed by atoms with Crippen LogP contribution in [0.1, 0.15) is 23.0 Å². The van der Waals surface area contributed by atoms with Crippen molar-refractivity contribution in [3.63, 3.8) is 0 Å². The van der Waals surface area contributed by atoms with Crippen molar-refractivity contribution in [2.75, 3.05) is 19.0 Å². The summed E-state index contributed by atoms with van der Waals surface area (Å²) in [7, 11) is 1.57. The predicted octanol–water partition coefficient (Wildman–Crippen LogP) is 4.92. The molecular formula is C20H19FN2O3S. The van der Waals surface area contributed by atoms with Crippen molar-refractivity contribution in [3.05, 3.63) is 58.9 Å². The molecule has 0 spiro atoms. The third-order valence-electron chi connectivity index (χ3n) is 3.82. The van der Waals surface area contributed by atoms with Crippen molar-refractivity contribution >= 4 is 22.9 Å². The van der Waals surface area contributed by atoms with Crippen LogP contribution in [0.4, 0.5) is 10.1 Å². The summed E-state index contributed by atoms with van der Waals surface area (Å²) in [6.07, 6.45) is 0. The van der Waals surface area contributed by atoms with E-state index in [0.29, 0.717) is 23.1 Å². The lowest BCUT2D eigenvalue weighted by atomic mass is 10.2. The smallest absolute Gasteiger partial charge is 0.275 e. The van der Waals surface area contributed by atoms with E-state index in [0.717, 1.165) is 11.1 Å². The average molecular weight is 386 g/mol. The maximum atomic E-state index is 13.8. The molecule has 0 unspecified atom stereocenters. The van der Waals surface area contributed by atoms with Crippen molar-refractivity contribution in [1.82, 2.24) is 4.98 Å². The van der Waals surface area contributed by atoms with Gasteiger partial charge in [0, 0.05) is 10.9 Å². The SMILES string of the molecule is CCOc1ccc(-c2nc(C(=O)Nc3cc(C)ccc3F)cs2)cc1OC. The molecule has 1 heterocycles. The fourth-order valence-electron chi connectivity index (χ4n) is 2.51. The van der Waals surface area contributed by atoms with Gasteiger partial charge in [0.25, 0.3) is 5.91 Å². The second-order valence-corrected chi connectivity index (χ2v) is 6.63. The van der Waals surface area contributed by atoms with Gasteiger partial charge in [-0.1, -0.05) is 6.07 Å². The number of nitrogens with one attached hydrogen (secondary N) is 1. The van der Waals surface area contributed by atoms with Gasteiger partial charge in [-0.15, -0.1) is 11.3 Å². The minimum Gasteiger partial charge on any atom is -0.493 e. The van der Waals surface area contributed by atoms with Crippen molar-refractivity contribution in [3.8, 4) is 22.1 Å². The van der Waals surface area contributed by atoms with Crippen LogP contribution in [0, 0.1) is 12.7 Å². The lowest BCUT2D eigenvalue weighted by molar-refractivity contribution is 0.102. The Kier molecular flexibility index (Phi) is 5.71. The van der Waals surface area contributed by atoms with E-state index in [1.54, 1.807) is 30.7 Å². The molecule has 27 heavy (non-hydrogen) atoms. The number of benzene rings is 2. The van der Waals surface area contributed by atoms with Gasteiger partial charge in [0.1, 0.15) is 16.5 Å². The normalized spacial score (nSPS) is 10.5. The van der Waals surface area contributed by atoms with E-state index < -0.39 is 11.7 Å². The van der Waals surface area contributed by atoms with Gasteiger partial charge in [-0.3, -0.25) is 4.79 Å². The van der Waals surface area contributed by atoms with Gasteiger partial charge in [0.2, 0.25) is 0 Å². The molecule has 0 aliphatic rings. The number of anilines is 1. The first-order valence-electron chi connectivity index (χ1n) is 8.36. The van der Waals surface area contributed by atoms with Gasteiger partial charge in [-0.05, 0) is 49.7 Å². The Morgan fingerprint density at radius 3 is 2.78 bits per heavy atom. The molecule has 3 rings (SSSR count). The highest BCUT2D eigenvalue weighted by Gasteiger charge is 2.15. The number of aryl methyl sites for hydroxylation is 1. The highest BCUT2D eigenvalue weighted by atomic mass is 32.1. The molecule has 1 N–H and O–H groups in total. The third kappa shape index (κ3) is 4.25. The number of carbonyl (C=O) groups excluding carboxylic acids is 1. The Morgan fingerprint density at radius 2 is 2.04 bits per heavy atom. The van der Waals surface area contributed by atoms with Crippen LogP contribution in [-0.4, -0.2) is 24.6 Å². The summed E-state index contributed by atoms with van der Waals surface area (Å²) >= 11 is 1.33. The number of thiazole rings is 1. The van der Waals surface area contributed by atoms with Gasteiger partial charge in [0.05, 0.1) is 19.4 Å². The number of rotatable bonds is 6. The lowest BCUT2D eigenvalue weighted by Gasteiger charge is -2.10. The van der Waals surface area contributed by atoms with E-state index in [1.807, 2.05) is 26.0 Å². The molecule has 0 radical (unpaired) electrons. The van der Waals surface area contributed by atoms with Crippen LogP contribution < -0.4 is 14.8 Å². The van der Waals surface area contributed by atoms with Gasteiger partial charge in [-0.2, -0.15) is 0 Å². The second kappa shape index (κ2) is 8.18. The number of carbonyl (C=O) groups is 1. The summed E-state index contributed by atoms with van der Waals surface area (Å²) in [5.41, 5.74) is 2.02. The zero-order valence-electron chi connectivity index (χ0n) is 15.2. The molecule has 3 aromatic rings. The Balaban J connectivity index is 1.82. The Labute approximate surface area is 160 Å². The first kappa shape index (κ1) is 18.8. The van der Waals surface area contributed by atoms with Crippen LogP contribution in [0.2, 0.25) is 0 Å². The molecule has 0 bridgehead atoms. The highest BCUT2D eigenvalue weighted by Crippen LogP contribution is 2.34. The van der Waals surface area contributed by atoms with Gasteiger partial charge in [-0.25, -0.2) is 9.37 Å². The standard InChI is InChI=1S/C20H19FN2O3S/c1-4-26-17-8-6-13(10-18(17)25-3)20-23-16(11-27-20)19(24)22-15-9-12(2)5-7-14(15)21/h5-11H,4H2,1-3H3,(H,22,24). The average Bonchev–Trinajstić information content (AvgIpc) is 3.15. The zero-order chi connectivity index (χ0) is 19.4. The summed E-state index contributed by atoms with van der Waals surface area (Å²) in [6, 6.07) is 10.0. The minimum atomic E-state index is -0.486. The molecule has 0 aliphatic heterocycles. The summed E-state index contributed by atoms with van der Waals surface area (Å²) in [6.45, 7) is 4.26. The molecule has 0 fully saturated rings. The molecule has 0 saturated heterocycles. The molecule has 1 aromatic heterocycles. The monoisotopic (exact) mass is 386 g/mol. The number of halogens is 1. The largest absolute Gasteiger partial charge is 0.493 e. The predicted molar refractivity (Wildman–Crippen MR) is 104 cm³/mol. The summed E-state index contributed by atoms with van der Waals surface area (Å²) in [5.74, 6) is 0.297. The first-order valence-corrected chi connectivity index (χ1v) is 9.24. The van der Waals surface area contributed by atoms with Crippen LogP contribution in [0.15, 0.2) is 41.8 Å². The lowest BCUT2D eigenvalue weighted by Crippen LogP contribution is -2.13. The molecular weight excluding hydrogens is 367 g/mol. The number of methoxy groups -OCH3 is 1. The molecule has 0 saturated carbocycles. The maximum absolute atomic E-state index is 13.8. The van der Waals surface area contributed by atoms with E-state index in [-0.39, 0.29) is 11.4 Å². The van der Waals surface area contributed by atoms with Crippen molar-refractivity contribution < 1.29 is 18.7 Å². The van der Waals surface area contributed by atoms with E-state index in [2.05, 4.69) is 10.3 Å². The van der Waals surface area contributed by atoms with Crippen molar-refractivity contribution in [2.45, 2.75) is 13.8 Å². The topological polar surface area (TPSA) is 60.5 Å². The number of ether oxygens (including phenoxy) is 2. The van der Waals surface area contributed by atoms with E-state index in [1.165, 1.54) is 17.4 Å². The van der Waals surface area contributed by atoms with Gasteiger partial charge >= 0.3 is 0 Å². The molecule has 0 atom stereocenters. The quantitative estimate of drug-likeness (QED) is 0.653. The minimum absolute atomic E-state index is 0.136. The van der Waals surface area contributed by atoms with E-state index in [4.69, 9.17) is 9.47 Å². The first-order chi connectivity index (χ1) is 13.0. The number of amides is 1. The fourth-order valence-corrected chi connectivity index (χ4v) is 3.30. The maximum Gasteiger partial charge on any atom is 0.275 e. The van der Waals surface area contributed by atoms with Crippen LogP contribution in [0.5, 0.6) is 11.5 Å². The fraction of sp³-hybridized carbons (Fsp3) is 0.200. The Hall–Kier alpha value is -2.93. The number of hydrogen-bond donors (Lipinski definition) is 1. The van der Waals surface area contributed by atoms with Crippen LogP contribution in [0.3, 0.4) is 0 Å². The molecule has 0 aliphatic carbocycles. The summed E-state index contributed by atoms with van der Waals surface area (Å²) in [5, 5.41) is 4.86.